The number of piperidine rings is 1. The van der Waals surface area contributed by atoms with Crippen LogP contribution in [-0.2, 0) is 0 Å². The molecule has 0 spiro atoms. The summed E-state index contributed by atoms with van der Waals surface area (Å²) in [5.74, 6) is 0.670. The van der Waals surface area contributed by atoms with Crippen LogP contribution in [0.1, 0.15) is 41.0 Å². The van der Waals surface area contributed by atoms with E-state index >= 15 is 0 Å². The number of nitrogens with one attached hydrogen (secondary N) is 2. The molecule has 2 atom stereocenters. The number of aromatic nitrogens is 2. The molecule has 2 N–H and O–H groups in total. The van der Waals surface area contributed by atoms with Gasteiger partial charge in [-0.25, -0.2) is 0 Å². The van der Waals surface area contributed by atoms with E-state index in [-0.39, 0.29) is 5.91 Å². The van der Waals surface area contributed by atoms with Crippen molar-refractivity contribution in [2.45, 2.75) is 39.2 Å². The van der Waals surface area contributed by atoms with Crippen LogP contribution in [-0.4, -0.2) is 28.7 Å². The topological polar surface area (TPSA) is 61.0 Å². The Hall–Kier alpha value is -2.30. The fourth-order valence-corrected chi connectivity index (χ4v) is 3.94. The van der Waals surface area contributed by atoms with Crippen molar-refractivity contribution >= 4 is 17.3 Å². The molecule has 2 heterocycles. The van der Waals surface area contributed by atoms with Gasteiger partial charge >= 0.3 is 0 Å². The van der Waals surface area contributed by atoms with Gasteiger partial charge < -0.3 is 10.2 Å². The molecule has 4 rings (SSSR count). The van der Waals surface area contributed by atoms with Gasteiger partial charge in [-0.05, 0) is 51.2 Å². The summed E-state index contributed by atoms with van der Waals surface area (Å²) in [4.78, 5) is 15.0. The molecular weight excluding hydrogens is 288 g/mol. The third-order valence-corrected chi connectivity index (χ3v) is 5.34. The second-order valence-corrected chi connectivity index (χ2v) is 6.78. The van der Waals surface area contributed by atoms with Gasteiger partial charge in [0.1, 0.15) is 0 Å². The zero-order valence-electron chi connectivity index (χ0n) is 13.6. The SMILES string of the molecule is Cc1[nH]nc(C(=O)Nc2ccccc2N2CC3CCC2C3)c1C. The monoisotopic (exact) mass is 310 g/mol. The first-order valence-corrected chi connectivity index (χ1v) is 8.32. The van der Waals surface area contributed by atoms with Crippen molar-refractivity contribution < 1.29 is 4.79 Å². The van der Waals surface area contributed by atoms with Gasteiger partial charge in [0.05, 0.1) is 11.4 Å². The van der Waals surface area contributed by atoms with Gasteiger partial charge in [0.15, 0.2) is 5.69 Å². The molecule has 1 aliphatic carbocycles. The van der Waals surface area contributed by atoms with Crippen molar-refractivity contribution in [2.75, 3.05) is 16.8 Å². The molecule has 1 aromatic heterocycles. The molecule has 1 amide bonds. The first kappa shape index (κ1) is 14.3. The molecule has 120 valence electrons. The fourth-order valence-electron chi connectivity index (χ4n) is 3.94. The Morgan fingerprint density at radius 3 is 2.78 bits per heavy atom. The van der Waals surface area contributed by atoms with E-state index in [9.17, 15) is 4.79 Å². The molecule has 1 saturated heterocycles. The van der Waals surface area contributed by atoms with Crippen molar-refractivity contribution in [3.05, 3.63) is 41.2 Å². The average Bonchev–Trinajstić information content (AvgIpc) is 3.25. The maximum absolute atomic E-state index is 12.6. The maximum Gasteiger partial charge on any atom is 0.276 e. The third kappa shape index (κ3) is 2.40. The lowest BCUT2D eigenvalue weighted by molar-refractivity contribution is 0.102. The molecule has 5 nitrogen and oxygen atoms in total. The molecule has 23 heavy (non-hydrogen) atoms. The minimum atomic E-state index is -0.149. The first-order chi connectivity index (χ1) is 11.1. The van der Waals surface area contributed by atoms with E-state index < -0.39 is 0 Å². The Labute approximate surface area is 136 Å². The highest BCUT2D eigenvalue weighted by Crippen LogP contribution is 2.42. The lowest BCUT2D eigenvalue weighted by Gasteiger charge is -2.30. The van der Waals surface area contributed by atoms with Crippen molar-refractivity contribution in [2.24, 2.45) is 5.92 Å². The number of benzene rings is 1. The van der Waals surface area contributed by atoms with Gasteiger partial charge in [-0.1, -0.05) is 12.1 Å². The van der Waals surface area contributed by atoms with E-state index in [1.165, 1.54) is 19.3 Å². The normalized spacial score (nSPS) is 22.6. The Morgan fingerprint density at radius 2 is 2.13 bits per heavy atom. The Morgan fingerprint density at radius 1 is 1.30 bits per heavy atom. The number of nitrogens with zero attached hydrogens (tertiary/aromatic N) is 2. The van der Waals surface area contributed by atoms with Crippen LogP contribution >= 0.6 is 0 Å². The molecule has 2 aliphatic rings. The second kappa shape index (κ2) is 5.41. The number of rotatable bonds is 3. The van der Waals surface area contributed by atoms with Crippen molar-refractivity contribution in [3.8, 4) is 0 Å². The highest BCUT2D eigenvalue weighted by molar-refractivity contribution is 6.05. The molecule has 2 aromatic rings. The van der Waals surface area contributed by atoms with E-state index in [4.69, 9.17) is 0 Å². The molecule has 2 bridgehead atoms. The predicted octanol–water partition coefficient (Wildman–Crippen LogP) is 3.27. The summed E-state index contributed by atoms with van der Waals surface area (Å²) >= 11 is 0. The van der Waals surface area contributed by atoms with Crippen LogP contribution < -0.4 is 10.2 Å². The van der Waals surface area contributed by atoms with E-state index in [1.807, 2.05) is 32.0 Å². The number of anilines is 2. The van der Waals surface area contributed by atoms with Gasteiger partial charge in [-0.2, -0.15) is 5.10 Å². The van der Waals surface area contributed by atoms with E-state index in [1.54, 1.807) is 0 Å². The number of carbonyl (C=O) groups excluding carboxylic acids is 1. The van der Waals surface area contributed by atoms with Crippen molar-refractivity contribution in [1.82, 2.24) is 10.2 Å². The van der Waals surface area contributed by atoms with Crippen LogP contribution in [0.25, 0.3) is 0 Å². The number of amides is 1. The summed E-state index contributed by atoms with van der Waals surface area (Å²) < 4.78 is 0. The minimum absolute atomic E-state index is 0.149. The Bertz CT molecular complexity index is 751. The van der Waals surface area contributed by atoms with Crippen LogP contribution in [0.3, 0.4) is 0 Å². The molecule has 5 heteroatoms. The van der Waals surface area contributed by atoms with Gasteiger partial charge in [0.2, 0.25) is 0 Å². The standard InChI is InChI=1S/C18H22N4O/c1-11-12(2)20-21-17(11)18(23)19-15-5-3-4-6-16(15)22-10-13-7-8-14(22)9-13/h3-6,13-14H,7-10H2,1-2H3,(H,19,23)(H,20,21). The minimum Gasteiger partial charge on any atom is -0.367 e. The Kier molecular flexibility index (Phi) is 3.36. The van der Waals surface area contributed by atoms with Gasteiger partial charge in [0.25, 0.3) is 5.91 Å². The molecule has 1 saturated carbocycles. The predicted molar refractivity (Wildman–Crippen MR) is 90.9 cm³/mol. The van der Waals surface area contributed by atoms with Crippen molar-refractivity contribution in [3.63, 3.8) is 0 Å². The van der Waals surface area contributed by atoms with Crippen LogP contribution in [0, 0.1) is 19.8 Å². The van der Waals surface area contributed by atoms with Crippen LogP contribution in [0.4, 0.5) is 11.4 Å². The number of aromatic amines is 1. The smallest absolute Gasteiger partial charge is 0.276 e. The number of aryl methyl sites for hydroxylation is 1. The number of hydrogen-bond donors (Lipinski definition) is 2. The zero-order valence-corrected chi connectivity index (χ0v) is 13.6. The Balaban J connectivity index is 1.60. The zero-order chi connectivity index (χ0) is 16.0. The number of fused-ring (bicyclic) bond motifs is 2. The molecule has 2 unspecified atom stereocenters. The molecule has 1 aromatic carbocycles. The molecule has 1 aliphatic heterocycles. The summed E-state index contributed by atoms with van der Waals surface area (Å²) in [6.07, 6.45) is 3.91. The number of hydrogen-bond acceptors (Lipinski definition) is 3. The maximum atomic E-state index is 12.6. The number of para-hydroxylation sites is 2. The molecule has 0 radical (unpaired) electrons. The average molecular weight is 310 g/mol. The summed E-state index contributed by atoms with van der Waals surface area (Å²) in [6.45, 7) is 4.95. The largest absolute Gasteiger partial charge is 0.367 e. The van der Waals surface area contributed by atoms with Crippen LogP contribution in [0.5, 0.6) is 0 Å². The van der Waals surface area contributed by atoms with Crippen LogP contribution in [0.2, 0.25) is 0 Å². The van der Waals surface area contributed by atoms with E-state index in [2.05, 4.69) is 26.5 Å². The van der Waals surface area contributed by atoms with E-state index in [0.717, 1.165) is 35.1 Å². The van der Waals surface area contributed by atoms with E-state index in [0.29, 0.717) is 11.7 Å². The van der Waals surface area contributed by atoms with Crippen molar-refractivity contribution in [1.29, 1.82) is 0 Å². The number of carbonyl (C=O) groups is 1. The summed E-state index contributed by atoms with van der Waals surface area (Å²) in [5.41, 5.74) is 4.32. The highest BCUT2D eigenvalue weighted by Gasteiger charge is 2.38. The third-order valence-electron chi connectivity index (χ3n) is 5.34. The van der Waals surface area contributed by atoms with Crippen LogP contribution in [0.15, 0.2) is 24.3 Å². The number of H-pyrrole nitrogens is 1. The second-order valence-electron chi connectivity index (χ2n) is 6.78. The lowest BCUT2D eigenvalue weighted by atomic mass is 10.1. The summed E-state index contributed by atoms with van der Waals surface area (Å²) in [5, 5.41) is 10.1. The molecular formula is C18H22N4O. The quantitative estimate of drug-likeness (QED) is 0.914. The van der Waals surface area contributed by atoms with Gasteiger partial charge in [-0.15, -0.1) is 0 Å². The molecule has 2 fully saturated rings. The lowest BCUT2D eigenvalue weighted by Crippen LogP contribution is -2.32. The first-order valence-electron chi connectivity index (χ1n) is 8.32. The summed E-state index contributed by atoms with van der Waals surface area (Å²) in [7, 11) is 0. The summed E-state index contributed by atoms with van der Waals surface area (Å²) in [6, 6.07) is 8.73. The van der Waals surface area contributed by atoms with Gasteiger partial charge in [0, 0.05) is 23.8 Å². The fraction of sp³-hybridized carbons (Fsp3) is 0.444. The van der Waals surface area contributed by atoms with Gasteiger partial charge in [-0.3, -0.25) is 9.89 Å². The highest BCUT2D eigenvalue weighted by atomic mass is 16.2.